The second-order valence-electron chi connectivity index (χ2n) is 10.4. The molecule has 6 atom stereocenters. The maximum absolute atomic E-state index is 10.2. The molecular weight excluding hydrogens is 412 g/mol. The number of methoxy groups -OCH3 is 1. The van der Waals surface area contributed by atoms with E-state index in [4.69, 9.17) is 14.2 Å². The van der Waals surface area contributed by atoms with Crippen LogP contribution < -0.4 is 9.47 Å². The first-order valence-electron chi connectivity index (χ1n) is 11.9. The summed E-state index contributed by atoms with van der Waals surface area (Å²) >= 11 is 0. The van der Waals surface area contributed by atoms with E-state index in [0.717, 1.165) is 42.9 Å². The van der Waals surface area contributed by atoms with Crippen molar-refractivity contribution in [1.29, 1.82) is 5.26 Å². The highest BCUT2D eigenvalue weighted by Crippen LogP contribution is 2.74. The van der Waals surface area contributed by atoms with Gasteiger partial charge in [0.15, 0.2) is 11.5 Å². The molecule has 168 valence electrons. The van der Waals surface area contributed by atoms with Crippen molar-refractivity contribution in [2.24, 2.45) is 11.3 Å². The highest BCUT2D eigenvalue weighted by atomic mass is 16.6. The molecule has 0 amide bonds. The molecule has 2 heterocycles. The van der Waals surface area contributed by atoms with Crippen LogP contribution in [0.2, 0.25) is 0 Å². The van der Waals surface area contributed by atoms with Crippen LogP contribution in [0.5, 0.6) is 11.5 Å². The monoisotopic (exact) mass is 440 g/mol. The topological polar surface area (TPSA) is 54.7 Å². The number of likely N-dealkylation sites (tertiary alicyclic amines) is 1. The van der Waals surface area contributed by atoms with E-state index in [2.05, 4.69) is 54.4 Å². The van der Waals surface area contributed by atoms with Crippen LogP contribution in [-0.4, -0.2) is 43.3 Å². The second kappa shape index (κ2) is 6.40. The number of nitrogens with zero attached hydrogens (tertiary/aromatic N) is 2. The molecule has 0 aromatic heterocycles. The molecule has 5 nitrogen and oxygen atoms in total. The van der Waals surface area contributed by atoms with Gasteiger partial charge in [0.2, 0.25) is 0 Å². The summed E-state index contributed by atoms with van der Waals surface area (Å²) in [5.41, 5.74) is 2.78. The zero-order valence-electron chi connectivity index (χ0n) is 19.1. The minimum absolute atomic E-state index is 0.123. The molecule has 0 radical (unpaired) electrons. The molecule has 2 aliphatic heterocycles. The molecule has 6 aliphatic rings. The average Bonchev–Trinajstić information content (AvgIpc) is 3.23. The SMILES string of the molecule is CO[C@@]12C=C[C@@]3(C[C@@H]1C#N)[C@H]1Cc4ccc(OCc5ccccc5)c5c4[C@@]3(CCN1C)[C@H]2O5. The van der Waals surface area contributed by atoms with Crippen molar-refractivity contribution in [3.63, 3.8) is 0 Å². The van der Waals surface area contributed by atoms with Crippen molar-refractivity contribution in [3.05, 3.63) is 71.3 Å². The second-order valence-corrected chi connectivity index (χ2v) is 10.4. The summed E-state index contributed by atoms with van der Waals surface area (Å²) < 4.78 is 19.5. The van der Waals surface area contributed by atoms with Crippen molar-refractivity contribution in [1.82, 2.24) is 4.90 Å². The molecule has 4 bridgehead atoms. The Kier molecular flexibility index (Phi) is 3.81. The minimum Gasteiger partial charge on any atom is -0.485 e. The van der Waals surface area contributed by atoms with Crippen LogP contribution in [0.4, 0.5) is 0 Å². The van der Waals surface area contributed by atoms with Crippen molar-refractivity contribution >= 4 is 0 Å². The number of hydrogen-bond acceptors (Lipinski definition) is 5. The summed E-state index contributed by atoms with van der Waals surface area (Å²) in [6.07, 6.45) is 7.14. The number of ether oxygens (including phenoxy) is 3. The fourth-order valence-electron chi connectivity index (χ4n) is 8.04. The Labute approximate surface area is 194 Å². The minimum atomic E-state index is -0.735. The Morgan fingerprint density at radius 3 is 2.82 bits per heavy atom. The molecule has 4 aliphatic carbocycles. The maximum atomic E-state index is 10.2. The van der Waals surface area contributed by atoms with Gasteiger partial charge in [0, 0.05) is 24.1 Å². The molecule has 2 spiro atoms. The van der Waals surface area contributed by atoms with Crippen molar-refractivity contribution in [3.8, 4) is 17.6 Å². The number of likely N-dealkylation sites (N-methyl/N-ethyl adjacent to an activating group) is 1. The number of piperidine rings is 1. The maximum Gasteiger partial charge on any atom is 0.166 e. The number of rotatable bonds is 4. The van der Waals surface area contributed by atoms with Crippen LogP contribution >= 0.6 is 0 Å². The van der Waals surface area contributed by atoms with Gasteiger partial charge in [-0.1, -0.05) is 48.6 Å². The average molecular weight is 441 g/mol. The van der Waals surface area contributed by atoms with E-state index in [-0.39, 0.29) is 22.9 Å². The van der Waals surface area contributed by atoms with Crippen LogP contribution in [0.25, 0.3) is 0 Å². The molecule has 2 aromatic carbocycles. The van der Waals surface area contributed by atoms with E-state index in [1.165, 1.54) is 11.1 Å². The fraction of sp³-hybridized carbons (Fsp3) is 0.464. The predicted molar refractivity (Wildman–Crippen MR) is 123 cm³/mol. The van der Waals surface area contributed by atoms with Crippen LogP contribution in [0.15, 0.2) is 54.6 Å². The highest BCUT2D eigenvalue weighted by Gasteiger charge is 2.79. The molecule has 2 fully saturated rings. The summed E-state index contributed by atoms with van der Waals surface area (Å²) in [7, 11) is 3.97. The Hall–Kier alpha value is -2.81. The summed E-state index contributed by atoms with van der Waals surface area (Å²) in [5.74, 6) is 1.45. The first-order valence-corrected chi connectivity index (χ1v) is 11.9. The normalized spacial score (nSPS) is 39.0. The lowest BCUT2D eigenvalue weighted by molar-refractivity contribution is -0.203. The third-order valence-corrected chi connectivity index (χ3v) is 9.45. The molecular formula is C28H28N2O3. The van der Waals surface area contributed by atoms with Crippen LogP contribution in [0, 0.1) is 22.7 Å². The van der Waals surface area contributed by atoms with Crippen LogP contribution in [-0.2, 0) is 23.2 Å². The van der Waals surface area contributed by atoms with Crippen LogP contribution in [0.3, 0.4) is 0 Å². The van der Waals surface area contributed by atoms with Gasteiger partial charge in [-0.25, -0.2) is 0 Å². The van der Waals surface area contributed by atoms with E-state index in [9.17, 15) is 5.26 Å². The third-order valence-electron chi connectivity index (χ3n) is 9.45. The smallest absolute Gasteiger partial charge is 0.166 e. The first-order chi connectivity index (χ1) is 16.1. The zero-order chi connectivity index (χ0) is 22.4. The van der Waals surface area contributed by atoms with Crippen molar-refractivity contribution in [2.45, 2.75) is 49.0 Å². The molecule has 0 N–H and O–H groups in total. The zero-order valence-corrected chi connectivity index (χ0v) is 19.1. The predicted octanol–water partition coefficient (Wildman–Crippen LogP) is 4.01. The third kappa shape index (κ3) is 2.11. The fourth-order valence-corrected chi connectivity index (χ4v) is 8.04. The molecule has 2 aromatic rings. The first kappa shape index (κ1) is 19.6. The summed E-state index contributed by atoms with van der Waals surface area (Å²) in [6.45, 7) is 1.52. The largest absolute Gasteiger partial charge is 0.485 e. The molecule has 1 saturated carbocycles. The Balaban J connectivity index is 1.42. The van der Waals surface area contributed by atoms with E-state index >= 15 is 0 Å². The summed E-state index contributed by atoms with van der Waals surface area (Å²) in [6, 6.07) is 17.5. The van der Waals surface area contributed by atoms with E-state index in [0.29, 0.717) is 12.6 Å². The Bertz CT molecular complexity index is 1220. The number of nitriles is 1. The standard InChI is InChI=1S/C28H28N2O3/c1-30-13-12-27-23-19-8-9-21(32-17-18-6-4-3-5-7-18)24(23)33-25(27)28(31-2)11-10-26(27,22(30)14-19)15-20(28)16-29/h3-11,20,22,25H,12-15,17H2,1-2H3/t20-,22-,25-,26-,27+,28+/m1/s1. The van der Waals surface area contributed by atoms with E-state index < -0.39 is 5.60 Å². The van der Waals surface area contributed by atoms with Gasteiger partial charge in [0.1, 0.15) is 18.3 Å². The summed E-state index contributed by atoms with van der Waals surface area (Å²) in [4.78, 5) is 2.51. The lowest BCUT2D eigenvalue weighted by Crippen LogP contribution is -2.78. The quantitative estimate of drug-likeness (QED) is 0.673. The number of benzene rings is 2. The lowest BCUT2D eigenvalue weighted by atomic mass is 9.37. The molecule has 5 heteroatoms. The number of hydrogen-bond donors (Lipinski definition) is 0. The van der Waals surface area contributed by atoms with Gasteiger partial charge in [-0.05, 0) is 50.0 Å². The van der Waals surface area contributed by atoms with Gasteiger partial charge in [-0.15, -0.1) is 0 Å². The molecule has 33 heavy (non-hydrogen) atoms. The molecule has 1 saturated heterocycles. The lowest BCUT2D eigenvalue weighted by Gasteiger charge is -2.70. The van der Waals surface area contributed by atoms with Crippen molar-refractivity contribution in [2.75, 3.05) is 20.7 Å². The summed E-state index contributed by atoms with van der Waals surface area (Å²) in [5, 5.41) is 10.2. The van der Waals surface area contributed by atoms with Gasteiger partial charge in [0.05, 0.1) is 17.4 Å². The van der Waals surface area contributed by atoms with Gasteiger partial charge in [0.25, 0.3) is 0 Å². The Morgan fingerprint density at radius 1 is 1.18 bits per heavy atom. The van der Waals surface area contributed by atoms with Crippen molar-refractivity contribution < 1.29 is 14.2 Å². The van der Waals surface area contributed by atoms with E-state index in [1.807, 2.05) is 18.2 Å². The van der Waals surface area contributed by atoms with Gasteiger partial charge in [-0.3, -0.25) is 0 Å². The highest BCUT2D eigenvalue weighted by molar-refractivity contribution is 5.65. The Morgan fingerprint density at radius 2 is 2.03 bits per heavy atom. The number of fused-ring (bicyclic) bond motifs is 1. The molecule has 0 unspecified atom stereocenters. The van der Waals surface area contributed by atoms with Gasteiger partial charge < -0.3 is 19.1 Å². The molecule has 8 rings (SSSR count). The van der Waals surface area contributed by atoms with Crippen LogP contribution in [0.1, 0.15) is 29.5 Å². The van der Waals surface area contributed by atoms with Gasteiger partial charge in [-0.2, -0.15) is 5.26 Å². The van der Waals surface area contributed by atoms with E-state index in [1.54, 1.807) is 7.11 Å². The van der Waals surface area contributed by atoms with Gasteiger partial charge >= 0.3 is 0 Å².